The number of hydrogen-bond acceptors (Lipinski definition) is 4. The molecule has 3 aromatic carbocycles. The van der Waals surface area contributed by atoms with Crippen molar-refractivity contribution in [3.05, 3.63) is 84.7 Å². The molecule has 4 aromatic rings. The first-order chi connectivity index (χ1) is 15.9. The van der Waals surface area contributed by atoms with E-state index in [-0.39, 0.29) is 0 Å². The minimum absolute atomic E-state index is 0.306. The van der Waals surface area contributed by atoms with Gasteiger partial charge in [0.1, 0.15) is 18.5 Å². The number of nitrogens with one attached hydrogen (secondary N) is 1. The first-order valence-electron chi connectivity index (χ1n) is 9.90. The number of nitriles is 1. The van der Waals surface area contributed by atoms with Gasteiger partial charge in [-0.3, -0.25) is 0 Å². The van der Waals surface area contributed by atoms with E-state index in [1.54, 1.807) is 25.3 Å². The van der Waals surface area contributed by atoms with Crippen LogP contribution in [0.4, 0.5) is 0 Å². The van der Waals surface area contributed by atoms with Crippen molar-refractivity contribution in [2.24, 2.45) is 0 Å². The van der Waals surface area contributed by atoms with Gasteiger partial charge in [-0.25, -0.2) is 4.98 Å². The predicted molar refractivity (Wildman–Crippen MR) is 141 cm³/mol. The number of imidazole rings is 1. The number of halogens is 3. The summed E-state index contributed by atoms with van der Waals surface area (Å²) in [6.45, 7) is 2.32. The van der Waals surface area contributed by atoms with Crippen molar-refractivity contribution in [3.63, 3.8) is 0 Å². The van der Waals surface area contributed by atoms with E-state index in [1.165, 1.54) is 0 Å². The highest BCUT2D eigenvalue weighted by atomic mass is 127. The molecule has 0 amide bonds. The molecule has 5 nitrogen and oxygen atoms in total. The normalized spacial score (nSPS) is 11.5. The summed E-state index contributed by atoms with van der Waals surface area (Å²) in [6, 6.07) is 17.3. The van der Waals surface area contributed by atoms with Crippen LogP contribution in [0.2, 0.25) is 10.0 Å². The highest BCUT2D eigenvalue weighted by molar-refractivity contribution is 14.1. The van der Waals surface area contributed by atoms with Crippen molar-refractivity contribution in [2.45, 2.75) is 13.5 Å². The molecule has 0 aliphatic rings. The second kappa shape index (κ2) is 10.0. The van der Waals surface area contributed by atoms with Gasteiger partial charge in [0.2, 0.25) is 0 Å². The lowest BCUT2D eigenvalue weighted by molar-refractivity contribution is 0.282. The molecule has 33 heavy (non-hydrogen) atoms. The van der Waals surface area contributed by atoms with Crippen molar-refractivity contribution < 1.29 is 9.47 Å². The molecule has 0 atom stereocenters. The lowest BCUT2D eigenvalue weighted by Gasteiger charge is -2.14. The lowest BCUT2D eigenvalue weighted by Crippen LogP contribution is -2.00. The molecule has 1 N–H and O–H groups in total. The number of hydrogen-bond donors (Lipinski definition) is 1. The summed E-state index contributed by atoms with van der Waals surface area (Å²) < 4.78 is 12.4. The summed E-state index contributed by atoms with van der Waals surface area (Å²) >= 11 is 14.3. The Morgan fingerprint density at radius 1 is 1.15 bits per heavy atom. The van der Waals surface area contributed by atoms with Crippen molar-refractivity contribution in [2.75, 3.05) is 7.11 Å². The van der Waals surface area contributed by atoms with Crippen LogP contribution in [0.3, 0.4) is 0 Å². The third-order valence-corrected chi connectivity index (χ3v) is 6.48. The highest BCUT2D eigenvalue weighted by Gasteiger charge is 2.14. The molecule has 0 aliphatic carbocycles. The Hall–Kier alpha value is -2.73. The predicted octanol–water partition coefficient (Wildman–Crippen LogP) is 7.43. The SMILES string of the molecule is COc1cc(/C=C(/C#N)c2nc3ccc(C)cc3[nH]2)cc(I)c1OCc1ccc(Cl)c(Cl)c1. The highest BCUT2D eigenvalue weighted by Crippen LogP contribution is 2.36. The van der Waals surface area contributed by atoms with Gasteiger partial charge in [-0.05, 0) is 88.7 Å². The zero-order chi connectivity index (χ0) is 23.5. The van der Waals surface area contributed by atoms with Crippen LogP contribution >= 0.6 is 45.8 Å². The number of aryl methyl sites for hydroxylation is 1. The molecule has 0 aliphatic heterocycles. The average molecular weight is 590 g/mol. The molecular weight excluding hydrogens is 572 g/mol. The second-order valence-electron chi connectivity index (χ2n) is 7.35. The largest absolute Gasteiger partial charge is 0.493 e. The molecule has 8 heteroatoms. The fourth-order valence-electron chi connectivity index (χ4n) is 3.32. The number of aromatic amines is 1. The molecular formula is C25H18Cl2IN3O2. The second-order valence-corrected chi connectivity index (χ2v) is 9.32. The zero-order valence-electron chi connectivity index (χ0n) is 17.7. The van der Waals surface area contributed by atoms with Crippen molar-refractivity contribution >= 4 is 68.5 Å². The van der Waals surface area contributed by atoms with Crippen LogP contribution in [-0.4, -0.2) is 17.1 Å². The van der Waals surface area contributed by atoms with Crippen molar-refractivity contribution in [3.8, 4) is 17.6 Å². The maximum atomic E-state index is 9.77. The Morgan fingerprint density at radius 3 is 2.70 bits per heavy atom. The quantitative estimate of drug-likeness (QED) is 0.187. The van der Waals surface area contributed by atoms with Crippen LogP contribution in [0.25, 0.3) is 22.7 Å². The van der Waals surface area contributed by atoms with Crippen LogP contribution in [0.5, 0.6) is 11.5 Å². The van der Waals surface area contributed by atoms with E-state index in [4.69, 9.17) is 32.7 Å². The van der Waals surface area contributed by atoms with Gasteiger partial charge in [0.15, 0.2) is 11.5 Å². The third kappa shape index (κ3) is 5.27. The van der Waals surface area contributed by atoms with Gasteiger partial charge in [-0.15, -0.1) is 0 Å². The number of nitrogens with zero attached hydrogens (tertiary/aromatic N) is 2. The number of methoxy groups -OCH3 is 1. The molecule has 1 aromatic heterocycles. The van der Waals surface area contributed by atoms with Gasteiger partial charge in [-0.1, -0.05) is 35.3 Å². The van der Waals surface area contributed by atoms with Crippen molar-refractivity contribution in [1.82, 2.24) is 9.97 Å². The summed E-state index contributed by atoms with van der Waals surface area (Å²) in [5.41, 5.74) is 4.94. The van der Waals surface area contributed by atoms with Gasteiger partial charge in [0.25, 0.3) is 0 Å². The van der Waals surface area contributed by atoms with E-state index in [2.05, 4.69) is 38.6 Å². The third-order valence-electron chi connectivity index (χ3n) is 4.94. The summed E-state index contributed by atoms with van der Waals surface area (Å²) in [6.07, 6.45) is 1.78. The first kappa shape index (κ1) is 23.4. The van der Waals surface area contributed by atoms with Gasteiger partial charge >= 0.3 is 0 Å². The van der Waals surface area contributed by atoms with E-state index < -0.39 is 0 Å². The number of H-pyrrole nitrogens is 1. The molecule has 4 rings (SSSR count). The van der Waals surface area contributed by atoms with Crippen LogP contribution in [0.1, 0.15) is 22.5 Å². The van der Waals surface area contributed by atoms with Gasteiger partial charge in [0, 0.05) is 0 Å². The summed E-state index contributed by atoms with van der Waals surface area (Å²) in [7, 11) is 1.58. The fraction of sp³-hybridized carbons (Fsp3) is 0.120. The fourth-order valence-corrected chi connectivity index (χ4v) is 4.42. The molecule has 1 heterocycles. The smallest absolute Gasteiger partial charge is 0.174 e. The van der Waals surface area contributed by atoms with Crippen molar-refractivity contribution in [1.29, 1.82) is 5.26 Å². The first-order valence-corrected chi connectivity index (χ1v) is 11.7. The van der Waals surface area contributed by atoms with E-state index in [0.717, 1.165) is 31.3 Å². The van der Waals surface area contributed by atoms with Crippen LogP contribution < -0.4 is 9.47 Å². The number of benzene rings is 3. The van der Waals surface area contributed by atoms with E-state index in [1.807, 2.05) is 43.3 Å². The number of rotatable bonds is 6. The molecule has 0 saturated carbocycles. The number of fused-ring (bicyclic) bond motifs is 1. The topological polar surface area (TPSA) is 70.9 Å². The standard InChI is InChI=1S/C25H18Cl2IN3O2/c1-14-3-6-21-22(7-14)31-25(30-21)17(12-29)8-16-10-20(28)24(23(11-16)32-2)33-13-15-4-5-18(26)19(27)9-15/h3-11H,13H2,1-2H3,(H,30,31)/b17-8-. The maximum Gasteiger partial charge on any atom is 0.174 e. The minimum atomic E-state index is 0.306. The van der Waals surface area contributed by atoms with E-state index >= 15 is 0 Å². The maximum absolute atomic E-state index is 9.77. The van der Waals surface area contributed by atoms with Crippen LogP contribution in [0.15, 0.2) is 48.5 Å². The Morgan fingerprint density at radius 2 is 1.97 bits per heavy atom. The summed E-state index contributed by atoms with van der Waals surface area (Å²) in [4.78, 5) is 7.78. The molecule has 0 bridgehead atoms. The lowest BCUT2D eigenvalue weighted by atomic mass is 10.1. The molecule has 0 unspecified atom stereocenters. The van der Waals surface area contributed by atoms with Crippen LogP contribution in [-0.2, 0) is 6.61 Å². The average Bonchev–Trinajstić information content (AvgIpc) is 3.21. The molecule has 0 radical (unpaired) electrons. The Kier molecular flexibility index (Phi) is 7.13. The van der Waals surface area contributed by atoms with E-state index in [9.17, 15) is 5.26 Å². The number of ether oxygens (including phenoxy) is 2. The molecule has 0 spiro atoms. The molecule has 166 valence electrons. The molecule has 0 fully saturated rings. The summed E-state index contributed by atoms with van der Waals surface area (Å²) in [5, 5.41) is 10.7. The Balaban J connectivity index is 1.63. The van der Waals surface area contributed by atoms with E-state index in [0.29, 0.717) is 39.5 Å². The number of allylic oxidation sites excluding steroid dienone is 1. The molecule has 0 saturated heterocycles. The number of aromatic nitrogens is 2. The zero-order valence-corrected chi connectivity index (χ0v) is 21.4. The Labute approximate surface area is 215 Å². The Bertz CT molecular complexity index is 1420. The van der Waals surface area contributed by atoms with Gasteiger partial charge in [0.05, 0.1) is 37.3 Å². The monoisotopic (exact) mass is 589 g/mol. The van der Waals surface area contributed by atoms with Crippen LogP contribution in [0, 0.1) is 21.8 Å². The summed E-state index contributed by atoms with van der Waals surface area (Å²) in [5.74, 6) is 1.69. The van der Waals surface area contributed by atoms with Gasteiger partial charge in [-0.2, -0.15) is 5.26 Å². The minimum Gasteiger partial charge on any atom is -0.493 e. The van der Waals surface area contributed by atoms with Gasteiger partial charge < -0.3 is 14.5 Å².